The first-order valence-corrected chi connectivity index (χ1v) is 31.7. The zero-order valence-electron chi connectivity index (χ0n) is 49.9. The molecule has 0 fully saturated rings. The molecule has 1 unspecified atom stereocenters. The van der Waals surface area contributed by atoms with Crippen molar-refractivity contribution < 1.29 is 28.6 Å². The number of allylic oxidation sites excluding steroid dienone is 22. The Labute approximate surface area is 475 Å². The molecule has 0 heterocycles. The van der Waals surface area contributed by atoms with Crippen molar-refractivity contribution in [3.63, 3.8) is 0 Å². The van der Waals surface area contributed by atoms with Gasteiger partial charge < -0.3 is 14.2 Å². The standard InChI is InChI=1S/C71H116O6/c1-4-7-10-13-16-19-22-25-28-30-32-34-35-37-38-40-43-46-49-52-55-58-61-64-70(73)76-67-68(66-75-69(72)63-60-57-54-51-48-45-42-27-24-21-18-15-12-9-6-3)77-71(74)65-62-59-56-53-50-47-44-41-39-36-33-31-29-26-23-20-17-14-11-8-5-2/h7,10,16,18-19,21,23,25-28,31-34,37-38,42-43,46,52,55,68H,4-6,8-9,11-15,17,20,22,24,29-30,35-36,39-41,44-45,47-51,53-54,56-67H2,1-3H3/b10-7-,19-16-,21-18-,26-23-,28-25-,33-31-,34-32-,38-37-,42-27-,46-43-,55-52-. The van der Waals surface area contributed by atoms with Gasteiger partial charge >= 0.3 is 17.9 Å². The summed E-state index contributed by atoms with van der Waals surface area (Å²) in [4.78, 5) is 38.3. The van der Waals surface area contributed by atoms with Gasteiger partial charge in [-0.3, -0.25) is 14.4 Å². The summed E-state index contributed by atoms with van der Waals surface area (Å²) in [6.45, 7) is 6.43. The largest absolute Gasteiger partial charge is 0.462 e. The fraction of sp³-hybridized carbons (Fsp3) is 0.648. The lowest BCUT2D eigenvalue weighted by molar-refractivity contribution is -0.167. The predicted octanol–water partition coefficient (Wildman–Crippen LogP) is 21.8. The van der Waals surface area contributed by atoms with Gasteiger partial charge in [-0.2, -0.15) is 0 Å². The van der Waals surface area contributed by atoms with E-state index in [4.69, 9.17) is 14.2 Å². The third kappa shape index (κ3) is 62.3. The van der Waals surface area contributed by atoms with Crippen molar-refractivity contribution in [2.24, 2.45) is 0 Å². The van der Waals surface area contributed by atoms with Crippen LogP contribution in [-0.2, 0) is 28.6 Å². The van der Waals surface area contributed by atoms with E-state index in [-0.39, 0.29) is 37.5 Å². The summed E-state index contributed by atoms with van der Waals surface area (Å²) in [5, 5.41) is 0. The number of carbonyl (C=O) groups excluding carboxylic acids is 3. The van der Waals surface area contributed by atoms with Crippen LogP contribution in [0.15, 0.2) is 134 Å². The van der Waals surface area contributed by atoms with Gasteiger partial charge in [0.25, 0.3) is 0 Å². The molecule has 6 nitrogen and oxygen atoms in total. The van der Waals surface area contributed by atoms with Gasteiger partial charge in [0, 0.05) is 19.3 Å². The molecule has 0 amide bonds. The molecular formula is C71H116O6. The van der Waals surface area contributed by atoms with Gasteiger partial charge in [0.2, 0.25) is 0 Å². The SMILES string of the molecule is CC/C=C\C/C=C\C/C=C\C/C=C\C/C=C\C/C=C\C/C=C\CCCC(=O)OCC(COC(=O)CCCCCCC/C=C\C/C=C\CCCCC)OC(=O)CCCCCCCCCCC/C=C\C/C=C\CCCCCCC. The smallest absolute Gasteiger partial charge is 0.306 e. The number of unbranched alkanes of at least 4 members (excludes halogenated alkanes) is 23. The average molecular weight is 1070 g/mol. The molecule has 0 aliphatic carbocycles. The monoisotopic (exact) mass is 1060 g/mol. The molecule has 0 rings (SSSR count). The van der Waals surface area contributed by atoms with Crippen molar-refractivity contribution in [1.29, 1.82) is 0 Å². The normalized spacial score (nSPS) is 13.0. The lowest BCUT2D eigenvalue weighted by atomic mass is 10.1. The summed E-state index contributed by atoms with van der Waals surface area (Å²) >= 11 is 0. The molecule has 1 atom stereocenters. The second-order valence-corrected chi connectivity index (χ2v) is 20.6. The van der Waals surface area contributed by atoms with Crippen LogP contribution in [0.2, 0.25) is 0 Å². The van der Waals surface area contributed by atoms with Crippen molar-refractivity contribution in [1.82, 2.24) is 0 Å². The highest BCUT2D eigenvalue weighted by atomic mass is 16.6. The second-order valence-electron chi connectivity index (χ2n) is 20.6. The number of hydrogen-bond acceptors (Lipinski definition) is 6. The fourth-order valence-electron chi connectivity index (χ4n) is 8.37. The van der Waals surface area contributed by atoms with Crippen molar-refractivity contribution in [2.75, 3.05) is 13.2 Å². The Bertz CT molecular complexity index is 1650. The molecule has 0 radical (unpaired) electrons. The van der Waals surface area contributed by atoms with Crippen molar-refractivity contribution in [3.8, 4) is 0 Å². The summed E-state index contributed by atoms with van der Waals surface area (Å²) in [6.07, 6.45) is 90.2. The molecule has 0 spiro atoms. The molecule has 0 aromatic carbocycles. The molecule has 0 aromatic rings. The average Bonchev–Trinajstić information content (AvgIpc) is 3.43. The third-order valence-electron chi connectivity index (χ3n) is 13.1. The van der Waals surface area contributed by atoms with Crippen LogP contribution in [0, 0.1) is 0 Å². The minimum absolute atomic E-state index is 0.109. The number of carbonyl (C=O) groups is 3. The van der Waals surface area contributed by atoms with Crippen LogP contribution in [0.5, 0.6) is 0 Å². The first kappa shape index (κ1) is 72.5. The van der Waals surface area contributed by atoms with E-state index in [2.05, 4.69) is 154 Å². The van der Waals surface area contributed by atoms with Gasteiger partial charge in [-0.1, -0.05) is 257 Å². The van der Waals surface area contributed by atoms with E-state index in [0.29, 0.717) is 19.3 Å². The maximum Gasteiger partial charge on any atom is 0.306 e. The molecule has 0 saturated heterocycles. The molecule has 6 heteroatoms. The minimum atomic E-state index is -0.816. The first-order chi connectivity index (χ1) is 38.0. The van der Waals surface area contributed by atoms with E-state index in [1.807, 2.05) is 0 Å². The van der Waals surface area contributed by atoms with E-state index < -0.39 is 6.10 Å². The van der Waals surface area contributed by atoms with Crippen molar-refractivity contribution in [3.05, 3.63) is 134 Å². The summed E-state index contributed by atoms with van der Waals surface area (Å²) in [5.74, 6) is -0.986. The highest BCUT2D eigenvalue weighted by Crippen LogP contribution is 2.14. The van der Waals surface area contributed by atoms with Crippen LogP contribution in [-0.4, -0.2) is 37.2 Å². The maximum atomic E-state index is 12.9. The summed E-state index contributed by atoms with van der Waals surface area (Å²) in [5.41, 5.74) is 0. The van der Waals surface area contributed by atoms with E-state index in [1.165, 1.54) is 109 Å². The fourth-order valence-corrected chi connectivity index (χ4v) is 8.37. The zero-order valence-corrected chi connectivity index (χ0v) is 49.9. The third-order valence-corrected chi connectivity index (χ3v) is 13.1. The highest BCUT2D eigenvalue weighted by molar-refractivity contribution is 5.71. The molecule has 0 saturated carbocycles. The zero-order chi connectivity index (χ0) is 55.7. The van der Waals surface area contributed by atoms with Gasteiger partial charge in [-0.15, -0.1) is 0 Å². The van der Waals surface area contributed by atoms with E-state index in [0.717, 1.165) is 122 Å². The Morgan fingerprint density at radius 3 is 0.870 bits per heavy atom. The van der Waals surface area contributed by atoms with Gasteiger partial charge in [0.1, 0.15) is 13.2 Å². The summed E-state index contributed by atoms with van der Waals surface area (Å²) in [7, 11) is 0. The highest BCUT2D eigenvalue weighted by Gasteiger charge is 2.19. The molecule has 77 heavy (non-hydrogen) atoms. The van der Waals surface area contributed by atoms with Crippen molar-refractivity contribution >= 4 is 17.9 Å². The number of ether oxygens (including phenoxy) is 3. The molecule has 0 aliphatic rings. The van der Waals surface area contributed by atoms with Gasteiger partial charge in [0.15, 0.2) is 6.10 Å². The van der Waals surface area contributed by atoms with Crippen LogP contribution >= 0.6 is 0 Å². The van der Waals surface area contributed by atoms with Gasteiger partial charge in [-0.05, 0) is 135 Å². The molecule has 0 aromatic heterocycles. The molecular weight excluding hydrogens is 949 g/mol. The van der Waals surface area contributed by atoms with Crippen molar-refractivity contribution in [2.45, 2.75) is 284 Å². The number of esters is 3. The molecule has 436 valence electrons. The predicted molar refractivity (Wildman–Crippen MR) is 334 cm³/mol. The van der Waals surface area contributed by atoms with Gasteiger partial charge in [-0.25, -0.2) is 0 Å². The van der Waals surface area contributed by atoms with Crippen LogP contribution in [0.25, 0.3) is 0 Å². The molecule has 0 bridgehead atoms. The van der Waals surface area contributed by atoms with E-state index >= 15 is 0 Å². The number of rotatable bonds is 56. The quantitative estimate of drug-likeness (QED) is 0.0261. The Kier molecular flexibility index (Phi) is 60.4. The molecule has 0 aliphatic heterocycles. The minimum Gasteiger partial charge on any atom is -0.462 e. The second kappa shape index (κ2) is 64.1. The van der Waals surface area contributed by atoms with E-state index in [9.17, 15) is 14.4 Å². The van der Waals surface area contributed by atoms with Crippen LogP contribution in [0.4, 0.5) is 0 Å². The van der Waals surface area contributed by atoms with Crippen LogP contribution in [0.1, 0.15) is 278 Å². The van der Waals surface area contributed by atoms with Gasteiger partial charge in [0.05, 0.1) is 0 Å². The summed E-state index contributed by atoms with van der Waals surface area (Å²) in [6, 6.07) is 0. The van der Waals surface area contributed by atoms with Crippen LogP contribution in [0.3, 0.4) is 0 Å². The Morgan fingerprint density at radius 2 is 0.519 bits per heavy atom. The van der Waals surface area contributed by atoms with Crippen LogP contribution < -0.4 is 0 Å². The lowest BCUT2D eigenvalue weighted by Crippen LogP contribution is -2.30. The van der Waals surface area contributed by atoms with E-state index in [1.54, 1.807) is 0 Å². The lowest BCUT2D eigenvalue weighted by Gasteiger charge is -2.18. The topological polar surface area (TPSA) is 78.9 Å². The Hall–Kier alpha value is -4.45. The maximum absolute atomic E-state index is 12.9. The Morgan fingerprint density at radius 1 is 0.273 bits per heavy atom. The molecule has 0 N–H and O–H groups in total. The summed E-state index contributed by atoms with van der Waals surface area (Å²) < 4.78 is 16.9. The number of hydrogen-bond donors (Lipinski definition) is 0. The first-order valence-electron chi connectivity index (χ1n) is 31.7. The Balaban J connectivity index is 4.51.